The van der Waals surface area contributed by atoms with Crippen molar-refractivity contribution in [1.82, 2.24) is 14.8 Å². The van der Waals surface area contributed by atoms with Gasteiger partial charge in [0.25, 0.3) is 0 Å². The molecule has 1 N–H and O–H groups in total. The first-order chi connectivity index (χ1) is 13.6. The van der Waals surface area contributed by atoms with Crippen LogP contribution in [0.5, 0.6) is 0 Å². The van der Waals surface area contributed by atoms with Crippen molar-refractivity contribution >= 4 is 39.8 Å². The van der Waals surface area contributed by atoms with Crippen LogP contribution in [0.3, 0.4) is 0 Å². The van der Waals surface area contributed by atoms with Crippen LogP contribution in [0.4, 0.5) is 5.00 Å². The molecule has 28 heavy (non-hydrogen) atoms. The fourth-order valence-electron chi connectivity index (χ4n) is 3.32. The summed E-state index contributed by atoms with van der Waals surface area (Å²) in [6.45, 7) is 0. The minimum atomic E-state index is -0.145. The molecule has 2 heterocycles. The fourth-order valence-corrected chi connectivity index (χ4v) is 5.32. The predicted octanol–water partition coefficient (Wildman–Crippen LogP) is 3.72. The second kappa shape index (κ2) is 8.28. The number of nitrogens with one attached hydrogen (secondary N) is 1. The van der Waals surface area contributed by atoms with Crippen molar-refractivity contribution in [2.24, 2.45) is 7.05 Å². The van der Waals surface area contributed by atoms with Gasteiger partial charge < -0.3 is 9.88 Å². The number of nitrogens with zero attached hydrogens (tertiary/aromatic N) is 3. The molecule has 0 aliphatic heterocycles. The highest BCUT2D eigenvalue weighted by Crippen LogP contribution is 2.39. The molecule has 144 valence electrons. The molecule has 4 rings (SSSR count). The van der Waals surface area contributed by atoms with E-state index in [9.17, 15) is 9.59 Å². The van der Waals surface area contributed by atoms with Gasteiger partial charge in [-0.25, -0.2) is 0 Å². The molecule has 2 aromatic heterocycles. The van der Waals surface area contributed by atoms with Crippen LogP contribution in [0.25, 0.3) is 0 Å². The number of carbonyl (C=O) groups excluding carboxylic acids is 2. The lowest BCUT2D eigenvalue weighted by Crippen LogP contribution is -2.16. The van der Waals surface area contributed by atoms with Gasteiger partial charge >= 0.3 is 0 Å². The van der Waals surface area contributed by atoms with Crippen molar-refractivity contribution < 1.29 is 9.59 Å². The SMILES string of the molecule is Cn1cnnc1SCC(=O)Nc1sc2c(c1C(=O)c1ccccc1)CCCC2. The molecule has 6 nitrogen and oxygen atoms in total. The Morgan fingerprint density at radius 2 is 2.00 bits per heavy atom. The summed E-state index contributed by atoms with van der Waals surface area (Å²) in [5.41, 5.74) is 2.43. The predicted molar refractivity (Wildman–Crippen MR) is 111 cm³/mol. The molecule has 1 aliphatic rings. The normalized spacial score (nSPS) is 13.2. The molecule has 3 aromatic rings. The number of fused-ring (bicyclic) bond motifs is 1. The van der Waals surface area contributed by atoms with E-state index in [1.54, 1.807) is 22.2 Å². The van der Waals surface area contributed by atoms with Crippen LogP contribution >= 0.6 is 23.1 Å². The van der Waals surface area contributed by atoms with Crippen LogP contribution in [0.2, 0.25) is 0 Å². The van der Waals surface area contributed by atoms with Gasteiger partial charge in [-0.3, -0.25) is 9.59 Å². The number of hydrogen-bond donors (Lipinski definition) is 1. The zero-order valence-corrected chi connectivity index (χ0v) is 17.1. The van der Waals surface area contributed by atoms with Crippen LogP contribution in [-0.2, 0) is 24.7 Å². The van der Waals surface area contributed by atoms with Crippen molar-refractivity contribution in [3.8, 4) is 0 Å². The van der Waals surface area contributed by atoms with Crippen molar-refractivity contribution in [3.63, 3.8) is 0 Å². The van der Waals surface area contributed by atoms with E-state index in [0.717, 1.165) is 31.2 Å². The maximum absolute atomic E-state index is 13.2. The van der Waals surface area contributed by atoms with Gasteiger partial charge in [-0.05, 0) is 31.2 Å². The number of aryl methyl sites for hydroxylation is 2. The highest BCUT2D eigenvalue weighted by atomic mass is 32.2. The molecule has 0 saturated carbocycles. The van der Waals surface area contributed by atoms with E-state index in [-0.39, 0.29) is 17.4 Å². The number of rotatable bonds is 6. The molecule has 1 aliphatic carbocycles. The largest absolute Gasteiger partial charge is 0.316 e. The van der Waals surface area contributed by atoms with Gasteiger partial charge in [0.05, 0.1) is 11.3 Å². The smallest absolute Gasteiger partial charge is 0.235 e. The Labute approximate surface area is 171 Å². The van der Waals surface area contributed by atoms with Crippen molar-refractivity contribution in [2.75, 3.05) is 11.1 Å². The number of carbonyl (C=O) groups is 2. The first-order valence-corrected chi connectivity index (χ1v) is 10.9. The minimum absolute atomic E-state index is 0.0174. The van der Waals surface area contributed by atoms with Crippen molar-refractivity contribution in [1.29, 1.82) is 0 Å². The number of hydrogen-bond acceptors (Lipinski definition) is 6. The molecule has 1 amide bonds. The molecule has 1 aromatic carbocycles. The lowest BCUT2D eigenvalue weighted by Gasteiger charge is -2.12. The molecular weight excluding hydrogens is 392 g/mol. The number of benzene rings is 1. The van der Waals surface area contributed by atoms with Gasteiger partial charge in [0, 0.05) is 17.5 Å². The summed E-state index contributed by atoms with van der Waals surface area (Å²) in [5.74, 6) is 0.0543. The Hall–Kier alpha value is -2.45. The minimum Gasteiger partial charge on any atom is -0.316 e. The van der Waals surface area contributed by atoms with Gasteiger partial charge in [-0.1, -0.05) is 42.1 Å². The summed E-state index contributed by atoms with van der Waals surface area (Å²) < 4.78 is 1.77. The Kier molecular flexibility index (Phi) is 5.59. The summed E-state index contributed by atoms with van der Waals surface area (Å²) in [6.07, 6.45) is 5.67. The summed E-state index contributed by atoms with van der Waals surface area (Å²) in [6, 6.07) is 9.27. The molecule has 0 bridgehead atoms. The van der Waals surface area contributed by atoms with Crippen LogP contribution in [-0.4, -0.2) is 32.2 Å². The maximum Gasteiger partial charge on any atom is 0.235 e. The summed E-state index contributed by atoms with van der Waals surface area (Å²) in [7, 11) is 1.84. The van der Waals surface area contributed by atoms with E-state index in [0.29, 0.717) is 21.3 Å². The Bertz CT molecular complexity index is 1010. The van der Waals surface area contributed by atoms with Gasteiger partial charge in [0.1, 0.15) is 11.3 Å². The Morgan fingerprint density at radius 1 is 1.21 bits per heavy atom. The molecule has 0 saturated heterocycles. The number of anilines is 1. The lowest BCUT2D eigenvalue weighted by atomic mass is 9.92. The molecule has 0 radical (unpaired) electrons. The second-order valence-electron chi connectivity index (χ2n) is 6.67. The third-order valence-corrected chi connectivity index (χ3v) is 6.93. The molecule has 0 fully saturated rings. The first-order valence-electron chi connectivity index (χ1n) is 9.14. The number of aromatic nitrogens is 3. The summed E-state index contributed by atoms with van der Waals surface area (Å²) in [4.78, 5) is 27.0. The highest BCUT2D eigenvalue weighted by Gasteiger charge is 2.27. The molecule has 0 atom stereocenters. The second-order valence-corrected chi connectivity index (χ2v) is 8.72. The fraction of sp³-hybridized carbons (Fsp3) is 0.300. The first kappa shape index (κ1) is 18.9. The van der Waals surface area contributed by atoms with E-state index in [4.69, 9.17) is 0 Å². The quantitative estimate of drug-likeness (QED) is 0.493. The third-order valence-electron chi connectivity index (χ3n) is 4.69. The van der Waals surface area contributed by atoms with Crippen LogP contribution in [0, 0.1) is 0 Å². The van der Waals surface area contributed by atoms with E-state index in [1.807, 2.05) is 37.4 Å². The lowest BCUT2D eigenvalue weighted by molar-refractivity contribution is -0.113. The van der Waals surface area contributed by atoms with Crippen LogP contribution in [0.15, 0.2) is 41.8 Å². The number of thioether (sulfide) groups is 1. The monoisotopic (exact) mass is 412 g/mol. The summed E-state index contributed by atoms with van der Waals surface area (Å²) in [5, 5.41) is 12.1. The molecule has 0 unspecified atom stereocenters. The van der Waals surface area contributed by atoms with Crippen LogP contribution in [0.1, 0.15) is 39.2 Å². The van der Waals surface area contributed by atoms with Gasteiger partial charge in [0.15, 0.2) is 10.9 Å². The van der Waals surface area contributed by atoms with E-state index < -0.39 is 0 Å². The van der Waals surface area contributed by atoms with E-state index in [1.165, 1.54) is 16.6 Å². The number of thiophene rings is 1. The number of ketones is 1. The molecule has 0 spiro atoms. The van der Waals surface area contributed by atoms with E-state index in [2.05, 4.69) is 15.5 Å². The Balaban J connectivity index is 1.58. The van der Waals surface area contributed by atoms with Crippen LogP contribution < -0.4 is 5.32 Å². The summed E-state index contributed by atoms with van der Waals surface area (Å²) >= 11 is 2.87. The van der Waals surface area contributed by atoms with Gasteiger partial charge in [-0.15, -0.1) is 21.5 Å². The number of amides is 1. The molecule has 8 heteroatoms. The van der Waals surface area contributed by atoms with E-state index >= 15 is 0 Å². The maximum atomic E-state index is 13.2. The highest BCUT2D eigenvalue weighted by molar-refractivity contribution is 7.99. The zero-order chi connectivity index (χ0) is 19.5. The zero-order valence-electron chi connectivity index (χ0n) is 15.5. The average molecular weight is 413 g/mol. The van der Waals surface area contributed by atoms with Gasteiger partial charge in [0.2, 0.25) is 5.91 Å². The van der Waals surface area contributed by atoms with Crippen molar-refractivity contribution in [3.05, 3.63) is 58.2 Å². The van der Waals surface area contributed by atoms with Crippen molar-refractivity contribution in [2.45, 2.75) is 30.8 Å². The van der Waals surface area contributed by atoms with Gasteiger partial charge in [-0.2, -0.15) is 0 Å². The third kappa shape index (κ3) is 3.88. The Morgan fingerprint density at radius 3 is 2.75 bits per heavy atom. The molecular formula is C20H20N4O2S2. The standard InChI is InChI=1S/C20H20N4O2S2/c1-24-12-21-23-20(24)27-11-16(25)22-19-17(14-9-5-6-10-15(14)28-19)18(26)13-7-3-2-4-8-13/h2-4,7-8,12H,5-6,9-11H2,1H3,(H,22,25). The average Bonchev–Trinajstić information content (AvgIpc) is 3.29. The topological polar surface area (TPSA) is 76.9 Å².